The Balaban J connectivity index is 0.000000838. The SMILES string of the molecule is CCCN(CC1CCN(C(=O)c2ccccc2C)CC1)C(C)Cc1cccc(NC(=O)c2ccc(C(C)(C)C)cc2)c1.O=C(O)C(F)(F)F. The molecular weight excluding hydrogens is 631 g/mol. The number of carboxylic acid groups (broad SMARTS) is 1. The first-order valence-corrected chi connectivity index (χ1v) is 16.9. The molecular formula is C39H50F3N3O4. The number of nitrogens with zero attached hydrogens (tertiary/aromatic N) is 2. The molecule has 2 N–H and O–H groups in total. The number of likely N-dealkylation sites (tertiary alicyclic amines) is 1. The maximum Gasteiger partial charge on any atom is 0.490 e. The average molecular weight is 682 g/mol. The van der Waals surface area contributed by atoms with Gasteiger partial charge in [-0.2, -0.15) is 13.2 Å². The second-order valence-electron chi connectivity index (χ2n) is 13.9. The van der Waals surface area contributed by atoms with E-state index in [1.807, 2.05) is 72.5 Å². The summed E-state index contributed by atoms with van der Waals surface area (Å²) >= 11 is 0. The number of carboxylic acids is 1. The highest BCUT2D eigenvalue weighted by molar-refractivity contribution is 6.04. The summed E-state index contributed by atoms with van der Waals surface area (Å²) < 4.78 is 31.7. The highest BCUT2D eigenvalue weighted by Crippen LogP contribution is 2.25. The van der Waals surface area contributed by atoms with Gasteiger partial charge in [-0.25, -0.2) is 4.79 Å². The van der Waals surface area contributed by atoms with E-state index in [1.165, 1.54) is 11.1 Å². The first-order valence-electron chi connectivity index (χ1n) is 16.9. The molecule has 0 spiro atoms. The maximum absolute atomic E-state index is 13.1. The summed E-state index contributed by atoms with van der Waals surface area (Å²) in [6, 6.07) is 24.4. The Bertz CT molecular complexity index is 1540. The minimum absolute atomic E-state index is 0.0592. The van der Waals surface area contributed by atoms with Gasteiger partial charge in [0.05, 0.1) is 0 Å². The summed E-state index contributed by atoms with van der Waals surface area (Å²) in [4.78, 5) is 39.6. The molecule has 49 heavy (non-hydrogen) atoms. The van der Waals surface area contributed by atoms with Crippen molar-refractivity contribution in [2.75, 3.05) is 31.5 Å². The summed E-state index contributed by atoms with van der Waals surface area (Å²) in [5.74, 6) is -2.08. The van der Waals surface area contributed by atoms with Gasteiger partial charge in [-0.15, -0.1) is 0 Å². The van der Waals surface area contributed by atoms with E-state index in [1.54, 1.807) is 0 Å². The van der Waals surface area contributed by atoms with Crippen molar-refractivity contribution < 1.29 is 32.7 Å². The van der Waals surface area contributed by atoms with Crippen LogP contribution in [0.1, 0.15) is 91.3 Å². The van der Waals surface area contributed by atoms with Gasteiger partial charge >= 0.3 is 12.1 Å². The topological polar surface area (TPSA) is 90.0 Å². The molecule has 1 fully saturated rings. The van der Waals surface area contributed by atoms with Crippen LogP contribution in [0, 0.1) is 12.8 Å². The number of aliphatic carboxylic acids is 1. The quantitative estimate of drug-likeness (QED) is 0.225. The van der Waals surface area contributed by atoms with Crippen molar-refractivity contribution in [3.63, 3.8) is 0 Å². The van der Waals surface area contributed by atoms with E-state index < -0.39 is 12.1 Å². The number of halogens is 3. The number of carbonyl (C=O) groups excluding carboxylic acids is 2. The molecule has 1 unspecified atom stereocenters. The second kappa shape index (κ2) is 17.5. The summed E-state index contributed by atoms with van der Waals surface area (Å²) in [7, 11) is 0. The van der Waals surface area contributed by atoms with Gasteiger partial charge in [0.15, 0.2) is 0 Å². The Morgan fingerprint density at radius 3 is 2.12 bits per heavy atom. The number of hydrogen-bond donors (Lipinski definition) is 2. The van der Waals surface area contributed by atoms with E-state index in [4.69, 9.17) is 9.90 Å². The second-order valence-corrected chi connectivity index (χ2v) is 13.9. The number of alkyl halides is 3. The Hall–Kier alpha value is -4.18. The smallest absolute Gasteiger partial charge is 0.475 e. The molecule has 1 aliphatic rings. The predicted octanol–water partition coefficient (Wildman–Crippen LogP) is 8.37. The van der Waals surface area contributed by atoms with Crippen LogP contribution in [0.3, 0.4) is 0 Å². The number of carbonyl (C=O) groups is 3. The largest absolute Gasteiger partial charge is 0.490 e. The number of aryl methyl sites for hydroxylation is 1. The number of nitrogens with one attached hydrogen (secondary N) is 1. The Morgan fingerprint density at radius 1 is 0.959 bits per heavy atom. The van der Waals surface area contributed by atoms with Crippen molar-refractivity contribution >= 4 is 23.5 Å². The van der Waals surface area contributed by atoms with E-state index in [9.17, 15) is 22.8 Å². The fourth-order valence-corrected chi connectivity index (χ4v) is 5.98. The number of anilines is 1. The maximum atomic E-state index is 13.1. The van der Waals surface area contributed by atoms with Crippen LogP contribution in [0.15, 0.2) is 72.8 Å². The molecule has 4 rings (SSSR count). The van der Waals surface area contributed by atoms with Gasteiger partial charge in [-0.05, 0) is 104 Å². The lowest BCUT2D eigenvalue weighted by atomic mass is 9.87. The van der Waals surface area contributed by atoms with Crippen LogP contribution in [0.2, 0.25) is 0 Å². The van der Waals surface area contributed by atoms with Crippen molar-refractivity contribution in [1.82, 2.24) is 9.80 Å². The zero-order valence-corrected chi connectivity index (χ0v) is 29.4. The van der Waals surface area contributed by atoms with Crippen LogP contribution >= 0.6 is 0 Å². The van der Waals surface area contributed by atoms with Crippen molar-refractivity contribution in [2.24, 2.45) is 5.92 Å². The Morgan fingerprint density at radius 2 is 1.57 bits per heavy atom. The van der Waals surface area contributed by atoms with Gasteiger partial charge in [0.2, 0.25) is 0 Å². The molecule has 0 aliphatic carbocycles. The summed E-state index contributed by atoms with van der Waals surface area (Å²) in [5.41, 5.74) is 5.87. The average Bonchev–Trinajstić information content (AvgIpc) is 3.04. The molecule has 1 heterocycles. The van der Waals surface area contributed by atoms with Gasteiger partial charge in [-0.1, -0.05) is 70.2 Å². The van der Waals surface area contributed by atoms with Gasteiger partial charge in [0.1, 0.15) is 0 Å². The van der Waals surface area contributed by atoms with Gasteiger partial charge in [0.25, 0.3) is 11.8 Å². The van der Waals surface area contributed by atoms with Crippen molar-refractivity contribution in [1.29, 1.82) is 0 Å². The lowest BCUT2D eigenvalue weighted by Crippen LogP contribution is -2.44. The molecule has 1 aliphatic heterocycles. The molecule has 10 heteroatoms. The van der Waals surface area contributed by atoms with E-state index in [0.717, 1.165) is 68.7 Å². The standard InChI is InChI=1S/C37H49N3O2.C2HF3O2/c1-7-21-40(26-29-19-22-39(23-20-29)36(42)34-14-9-8-11-27(34)2)28(3)24-30-12-10-13-33(25-30)38-35(41)31-15-17-32(18-16-31)37(4,5)6;3-2(4,5)1(6)7/h8-18,25,28-29H,7,19-24,26H2,1-6H3,(H,38,41);(H,6,7). The molecule has 3 aromatic rings. The summed E-state index contributed by atoms with van der Waals surface area (Å²) in [5, 5.41) is 10.2. The number of benzene rings is 3. The fraction of sp³-hybridized carbons (Fsp3) is 0.462. The molecule has 266 valence electrons. The lowest BCUT2D eigenvalue weighted by Gasteiger charge is -2.37. The monoisotopic (exact) mass is 681 g/mol. The highest BCUT2D eigenvalue weighted by Gasteiger charge is 2.38. The number of amides is 2. The van der Waals surface area contributed by atoms with Crippen molar-refractivity contribution in [2.45, 2.75) is 84.9 Å². The molecule has 0 aromatic heterocycles. The van der Waals surface area contributed by atoms with Crippen LogP contribution in [-0.2, 0) is 16.6 Å². The van der Waals surface area contributed by atoms with Crippen LogP contribution < -0.4 is 5.32 Å². The van der Waals surface area contributed by atoms with Crippen LogP contribution in [0.4, 0.5) is 18.9 Å². The van der Waals surface area contributed by atoms with E-state index >= 15 is 0 Å². The third kappa shape index (κ3) is 12.0. The Kier molecular flexibility index (Phi) is 14.0. The van der Waals surface area contributed by atoms with Gasteiger partial charge in [-0.3, -0.25) is 9.59 Å². The lowest BCUT2D eigenvalue weighted by molar-refractivity contribution is -0.192. The van der Waals surface area contributed by atoms with Crippen molar-refractivity contribution in [3.05, 3.63) is 101 Å². The number of rotatable bonds is 10. The first kappa shape index (κ1) is 39.3. The zero-order valence-electron chi connectivity index (χ0n) is 29.4. The fourth-order valence-electron chi connectivity index (χ4n) is 5.98. The summed E-state index contributed by atoms with van der Waals surface area (Å²) in [6.07, 6.45) is -0.959. The molecule has 1 atom stereocenters. The number of hydrogen-bond acceptors (Lipinski definition) is 4. The third-order valence-electron chi connectivity index (χ3n) is 8.88. The molecule has 0 bridgehead atoms. The van der Waals surface area contributed by atoms with Crippen LogP contribution in [0.25, 0.3) is 0 Å². The Labute approximate surface area is 288 Å². The van der Waals surface area contributed by atoms with Crippen LogP contribution in [0.5, 0.6) is 0 Å². The van der Waals surface area contributed by atoms with Crippen LogP contribution in [-0.4, -0.2) is 71.1 Å². The van der Waals surface area contributed by atoms with E-state index in [0.29, 0.717) is 17.5 Å². The molecule has 7 nitrogen and oxygen atoms in total. The number of piperidine rings is 1. The summed E-state index contributed by atoms with van der Waals surface area (Å²) in [6.45, 7) is 16.9. The van der Waals surface area contributed by atoms with E-state index in [-0.39, 0.29) is 17.2 Å². The highest BCUT2D eigenvalue weighted by atomic mass is 19.4. The molecule has 0 saturated carbocycles. The minimum atomic E-state index is -5.08. The zero-order chi connectivity index (χ0) is 36.4. The molecule has 3 aromatic carbocycles. The first-order chi connectivity index (χ1) is 23.0. The molecule has 2 amide bonds. The third-order valence-corrected chi connectivity index (χ3v) is 8.88. The predicted molar refractivity (Wildman–Crippen MR) is 188 cm³/mol. The van der Waals surface area contributed by atoms with Gasteiger partial charge in [0, 0.05) is 42.5 Å². The minimum Gasteiger partial charge on any atom is -0.475 e. The van der Waals surface area contributed by atoms with Gasteiger partial charge < -0.3 is 20.2 Å². The molecule has 0 radical (unpaired) electrons. The van der Waals surface area contributed by atoms with Crippen molar-refractivity contribution in [3.8, 4) is 0 Å². The molecule has 1 saturated heterocycles. The van der Waals surface area contributed by atoms with E-state index in [2.05, 4.69) is 57.0 Å². The normalized spacial score (nSPS) is 14.5.